The molecular formula is C24H33FN4O4Si. The second-order valence-electron chi connectivity index (χ2n) is 9.59. The molecule has 184 valence electrons. The van der Waals surface area contributed by atoms with Crippen molar-refractivity contribution in [2.24, 2.45) is 5.92 Å². The Labute approximate surface area is 200 Å². The molecule has 8 nitrogen and oxygen atoms in total. The summed E-state index contributed by atoms with van der Waals surface area (Å²) in [5.41, 5.74) is 0.509. The Kier molecular flexibility index (Phi) is 6.67. The quantitative estimate of drug-likeness (QED) is 0.331. The Morgan fingerprint density at radius 1 is 1.41 bits per heavy atom. The first kappa shape index (κ1) is 24.6. The summed E-state index contributed by atoms with van der Waals surface area (Å²) in [5.74, 6) is 0.0795. The Bertz CT molecular complexity index is 1070. The third-order valence-electron chi connectivity index (χ3n) is 7.08. The second kappa shape index (κ2) is 9.24. The molecule has 1 N–H and O–H groups in total. The zero-order valence-electron chi connectivity index (χ0n) is 20.2. The highest BCUT2D eigenvalue weighted by Crippen LogP contribution is 2.60. The number of carbonyl (C=O) groups excluding carboxylic acids is 1. The SMILES string of the molecule is C=CCN1C(=O)[C@@]2(O[C@@H](CCn3cc(CCO)nn3)[C@H]([Si](C)(C)F)[C@H]2C)c2cc(OC)ccc21. The summed E-state index contributed by atoms with van der Waals surface area (Å²) in [6, 6.07) is 5.52. The van der Waals surface area contributed by atoms with Gasteiger partial charge in [-0.25, -0.2) is 0 Å². The van der Waals surface area contributed by atoms with Crippen molar-refractivity contribution in [3.05, 3.63) is 48.3 Å². The molecule has 1 fully saturated rings. The Hall–Kier alpha value is -2.56. The van der Waals surface area contributed by atoms with Gasteiger partial charge in [-0.1, -0.05) is 18.2 Å². The van der Waals surface area contributed by atoms with Crippen molar-refractivity contribution in [2.45, 2.75) is 56.7 Å². The van der Waals surface area contributed by atoms with Crippen LogP contribution in [0.1, 0.15) is 24.6 Å². The molecular weight excluding hydrogens is 455 g/mol. The van der Waals surface area contributed by atoms with Crippen molar-refractivity contribution in [3.63, 3.8) is 0 Å². The van der Waals surface area contributed by atoms with E-state index in [1.165, 1.54) is 0 Å². The molecule has 2 aromatic rings. The van der Waals surface area contributed by atoms with Gasteiger partial charge in [0.2, 0.25) is 8.41 Å². The number of fused-ring (bicyclic) bond motifs is 2. The van der Waals surface area contributed by atoms with Gasteiger partial charge in [-0.15, -0.1) is 11.7 Å². The normalized spacial score (nSPS) is 26.4. The number of aromatic nitrogens is 3. The van der Waals surface area contributed by atoms with Gasteiger partial charge in [0.15, 0.2) is 5.60 Å². The van der Waals surface area contributed by atoms with Crippen molar-refractivity contribution in [1.29, 1.82) is 0 Å². The molecule has 1 aromatic heterocycles. The summed E-state index contributed by atoms with van der Waals surface area (Å²) in [4.78, 5) is 15.6. The molecule has 0 aliphatic carbocycles. The number of amides is 1. The summed E-state index contributed by atoms with van der Waals surface area (Å²) < 4.78 is 29.6. The summed E-state index contributed by atoms with van der Waals surface area (Å²) in [7, 11) is -1.65. The first-order chi connectivity index (χ1) is 16.2. The molecule has 34 heavy (non-hydrogen) atoms. The highest BCUT2D eigenvalue weighted by Gasteiger charge is 2.66. The molecule has 1 amide bonds. The summed E-state index contributed by atoms with van der Waals surface area (Å²) >= 11 is 0. The average molecular weight is 489 g/mol. The second-order valence-corrected chi connectivity index (χ2v) is 13.4. The van der Waals surface area contributed by atoms with Crippen LogP contribution in [0.25, 0.3) is 0 Å². The minimum atomic E-state index is -3.23. The number of ether oxygens (including phenoxy) is 2. The van der Waals surface area contributed by atoms with Crippen LogP contribution in [0.5, 0.6) is 5.75 Å². The largest absolute Gasteiger partial charge is 0.497 e. The molecule has 0 radical (unpaired) electrons. The number of hydrogen-bond acceptors (Lipinski definition) is 6. The number of aliphatic hydroxyl groups excluding tert-OH is 1. The van der Waals surface area contributed by atoms with Gasteiger partial charge in [0.05, 0.1) is 24.6 Å². The van der Waals surface area contributed by atoms with Crippen LogP contribution >= 0.6 is 0 Å². The van der Waals surface area contributed by atoms with Crippen LogP contribution < -0.4 is 9.64 Å². The monoisotopic (exact) mass is 488 g/mol. The summed E-state index contributed by atoms with van der Waals surface area (Å²) in [6.45, 7) is 9.93. The van der Waals surface area contributed by atoms with E-state index in [-0.39, 0.29) is 24.0 Å². The fourth-order valence-corrected chi connectivity index (χ4v) is 8.21. The van der Waals surface area contributed by atoms with Gasteiger partial charge < -0.3 is 23.6 Å². The van der Waals surface area contributed by atoms with E-state index in [4.69, 9.17) is 14.6 Å². The molecule has 2 aliphatic rings. The number of methoxy groups -OCH3 is 1. The van der Waals surface area contributed by atoms with Gasteiger partial charge >= 0.3 is 0 Å². The molecule has 0 unspecified atom stereocenters. The number of halogens is 1. The van der Waals surface area contributed by atoms with E-state index in [1.54, 1.807) is 42.1 Å². The van der Waals surface area contributed by atoms with Gasteiger partial charge in [0, 0.05) is 49.3 Å². The minimum absolute atomic E-state index is 0.000368. The Morgan fingerprint density at radius 3 is 2.82 bits per heavy atom. The van der Waals surface area contributed by atoms with Crippen LogP contribution in [-0.4, -0.2) is 60.8 Å². The van der Waals surface area contributed by atoms with E-state index in [9.17, 15) is 4.79 Å². The molecule has 1 aromatic carbocycles. The first-order valence-corrected chi connectivity index (χ1v) is 14.6. The van der Waals surface area contributed by atoms with E-state index < -0.39 is 20.1 Å². The van der Waals surface area contributed by atoms with Crippen LogP contribution in [0.3, 0.4) is 0 Å². The molecule has 0 bridgehead atoms. The van der Waals surface area contributed by atoms with Gasteiger partial charge in [-0.3, -0.25) is 9.48 Å². The van der Waals surface area contributed by atoms with Crippen molar-refractivity contribution < 1.29 is 23.5 Å². The maximum Gasteiger partial charge on any atom is 0.264 e. The van der Waals surface area contributed by atoms with Gasteiger partial charge in [-0.05, 0) is 37.7 Å². The average Bonchev–Trinajstić information content (AvgIpc) is 3.43. The third-order valence-corrected chi connectivity index (χ3v) is 9.53. The highest BCUT2D eigenvalue weighted by molar-refractivity contribution is 6.72. The predicted octanol–water partition coefficient (Wildman–Crippen LogP) is 3.22. The van der Waals surface area contributed by atoms with Gasteiger partial charge in [0.1, 0.15) is 5.75 Å². The van der Waals surface area contributed by atoms with Crippen molar-refractivity contribution >= 4 is 20.0 Å². The maximum absolute atomic E-state index is 15.8. The molecule has 1 spiro atoms. The molecule has 0 saturated carbocycles. The maximum atomic E-state index is 15.8. The lowest BCUT2D eigenvalue weighted by molar-refractivity contribution is -0.145. The third kappa shape index (κ3) is 3.97. The minimum Gasteiger partial charge on any atom is -0.497 e. The van der Waals surface area contributed by atoms with E-state index in [2.05, 4.69) is 16.9 Å². The molecule has 3 heterocycles. The van der Waals surface area contributed by atoms with Crippen LogP contribution in [0.4, 0.5) is 9.80 Å². The Balaban J connectivity index is 1.71. The van der Waals surface area contributed by atoms with E-state index in [0.717, 1.165) is 11.3 Å². The standard InChI is InChI=1S/C24H33FN4O4Si/c1-6-11-29-20-8-7-18(32-3)14-19(20)24(23(29)31)16(2)22(34(4,5)25)21(33-24)9-12-28-15-17(10-13-30)26-27-28/h6-8,14-16,21-22,30H,1,9-13H2,2-5H3/t16-,21+,22-,24+/m1/s1. The number of hydrogen-bond donors (Lipinski definition) is 1. The first-order valence-electron chi connectivity index (χ1n) is 11.6. The number of aliphatic hydroxyl groups is 1. The van der Waals surface area contributed by atoms with Crippen LogP contribution in [0.15, 0.2) is 37.1 Å². The summed E-state index contributed by atoms with van der Waals surface area (Å²) in [6.07, 6.45) is 3.93. The molecule has 10 heteroatoms. The number of aryl methyl sites for hydroxylation is 1. The fraction of sp³-hybridized carbons (Fsp3) is 0.542. The van der Waals surface area contributed by atoms with Gasteiger partial charge in [0.25, 0.3) is 5.91 Å². The lowest BCUT2D eigenvalue weighted by atomic mass is 9.82. The zero-order valence-corrected chi connectivity index (χ0v) is 21.2. The number of anilines is 1. The van der Waals surface area contributed by atoms with Gasteiger partial charge in [-0.2, -0.15) is 0 Å². The number of benzene rings is 1. The lowest BCUT2D eigenvalue weighted by Gasteiger charge is -2.31. The molecule has 2 aliphatic heterocycles. The van der Waals surface area contributed by atoms with E-state index in [0.29, 0.717) is 37.4 Å². The van der Waals surface area contributed by atoms with Crippen LogP contribution in [0.2, 0.25) is 18.6 Å². The van der Waals surface area contributed by atoms with E-state index >= 15 is 4.11 Å². The topological polar surface area (TPSA) is 89.7 Å². The van der Waals surface area contributed by atoms with Crippen molar-refractivity contribution in [1.82, 2.24) is 15.0 Å². The van der Waals surface area contributed by atoms with Crippen LogP contribution in [-0.2, 0) is 28.1 Å². The fourth-order valence-electron chi connectivity index (χ4n) is 5.67. The molecule has 4 atom stereocenters. The zero-order chi connectivity index (χ0) is 24.7. The van der Waals surface area contributed by atoms with E-state index in [1.807, 2.05) is 25.1 Å². The Morgan fingerprint density at radius 2 is 2.18 bits per heavy atom. The molecule has 1 saturated heterocycles. The number of rotatable bonds is 9. The smallest absolute Gasteiger partial charge is 0.264 e. The van der Waals surface area contributed by atoms with Crippen LogP contribution in [0, 0.1) is 5.92 Å². The number of nitrogens with zero attached hydrogens (tertiary/aromatic N) is 4. The predicted molar refractivity (Wildman–Crippen MR) is 129 cm³/mol. The summed E-state index contributed by atoms with van der Waals surface area (Å²) in [5, 5.41) is 17.3. The van der Waals surface area contributed by atoms with Crippen molar-refractivity contribution in [3.8, 4) is 5.75 Å². The number of carbonyl (C=O) groups is 1. The molecule has 4 rings (SSSR count). The van der Waals surface area contributed by atoms with Crippen molar-refractivity contribution in [2.75, 3.05) is 25.2 Å². The highest BCUT2D eigenvalue weighted by atomic mass is 28.4. The lowest BCUT2D eigenvalue weighted by Crippen LogP contribution is -2.45.